The minimum Gasteiger partial charge on any atom is -0.0831 e. The topological polar surface area (TPSA) is 0 Å². The van der Waals surface area contributed by atoms with Crippen molar-refractivity contribution >= 4 is 50.1 Å². The number of rotatable bonds is 0. The first kappa shape index (κ1) is 7.82. The zero-order valence-corrected chi connectivity index (χ0v) is 8.87. The molecule has 0 spiro atoms. The third-order valence-electron chi connectivity index (χ3n) is 0.882. The number of benzene rings is 1. The Hall–Kier alpha value is 0.720. The van der Waals surface area contributed by atoms with Gasteiger partial charge in [0.25, 0.3) is 0 Å². The van der Waals surface area contributed by atoms with Crippen LogP contribution in [0.3, 0.4) is 0 Å². The molecule has 0 aliphatic carbocycles. The van der Waals surface area contributed by atoms with Gasteiger partial charge in [0.1, 0.15) is 0 Å². The van der Waals surface area contributed by atoms with Crippen LogP contribution in [0.2, 0.25) is 5.02 Å². The van der Waals surface area contributed by atoms with Gasteiger partial charge in [-0.25, -0.2) is 0 Å². The number of halogens is 3. The maximum Gasteiger partial charge on any atom is 0.0548 e. The van der Waals surface area contributed by atoms with Crippen molar-refractivity contribution in [1.82, 2.24) is 0 Å². The molecule has 0 fully saturated rings. The second-order valence-electron chi connectivity index (χ2n) is 1.56. The largest absolute Gasteiger partial charge is 0.0831 e. The maximum atomic E-state index is 5.73. The predicted octanol–water partition coefficient (Wildman–Crippen LogP) is 3.71. The Bertz CT molecular complexity index is 224. The second-order valence-corrected chi connectivity index (χ2v) is 4.07. The van der Waals surface area contributed by atoms with Crippen molar-refractivity contribution in [3.63, 3.8) is 0 Å². The predicted molar refractivity (Wildman–Crippen MR) is 51.9 cm³/mol. The third kappa shape index (κ3) is 2.09. The fraction of sp³-hybridized carbons (Fsp3) is 0. The van der Waals surface area contributed by atoms with Crippen LogP contribution in [-0.2, 0) is 0 Å². The third-order valence-corrected chi connectivity index (χ3v) is 2.77. The van der Waals surface area contributed by atoms with Gasteiger partial charge in [-0.3, -0.25) is 0 Å². The van der Waals surface area contributed by atoms with Gasteiger partial charge in [-0.1, -0.05) is 11.6 Å². The van der Waals surface area contributed by atoms with Gasteiger partial charge in [-0.05, 0) is 56.7 Å². The molecule has 1 aromatic carbocycles. The molecule has 9 heavy (non-hydrogen) atoms. The Morgan fingerprint density at radius 2 is 2.11 bits per heavy atom. The number of hydrogen-bond acceptors (Lipinski definition) is 0. The highest BCUT2D eigenvalue weighted by Gasteiger charge is 1.94. The monoisotopic (exact) mass is 316 g/mol. The first-order chi connectivity index (χ1) is 4.20. The van der Waals surface area contributed by atoms with E-state index in [2.05, 4.69) is 38.5 Å². The van der Waals surface area contributed by atoms with E-state index in [1.807, 2.05) is 18.2 Å². The molecular formula is C6H3BrClI. The van der Waals surface area contributed by atoms with Gasteiger partial charge in [0.2, 0.25) is 0 Å². The lowest BCUT2D eigenvalue weighted by Crippen LogP contribution is -1.70. The Morgan fingerprint density at radius 1 is 1.44 bits per heavy atom. The van der Waals surface area contributed by atoms with Gasteiger partial charge >= 0.3 is 0 Å². The zero-order valence-electron chi connectivity index (χ0n) is 4.37. The van der Waals surface area contributed by atoms with Crippen molar-refractivity contribution in [3.8, 4) is 0 Å². The molecule has 0 bridgehead atoms. The fourth-order valence-electron chi connectivity index (χ4n) is 0.470. The Labute approximate surface area is 80.9 Å². The van der Waals surface area contributed by atoms with E-state index in [0.29, 0.717) is 0 Å². The van der Waals surface area contributed by atoms with E-state index in [4.69, 9.17) is 11.6 Å². The zero-order chi connectivity index (χ0) is 6.85. The van der Waals surface area contributed by atoms with Crippen molar-refractivity contribution in [2.45, 2.75) is 0 Å². The molecule has 0 unspecified atom stereocenters. The Kier molecular flexibility index (Phi) is 2.79. The summed E-state index contributed by atoms with van der Waals surface area (Å²) in [6.07, 6.45) is 0. The fourth-order valence-corrected chi connectivity index (χ4v) is 1.89. The average Bonchev–Trinajstić information content (AvgIpc) is 1.80. The summed E-state index contributed by atoms with van der Waals surface area (Å²) >= 11 is 11.3. The molecule has 0 heterocycles. The highest BCUT2D eigenvalue weighted by Crippen LogP contribution is 2.23. The molecule has 0 aromatic heterocycles. The van der Waals surface area contributed by atoms with Gasteiger partial charge in [0.05, 0.1) is 5.02 Å². The maximum absolute atomic E-state index is 5.73. The van der Waals surface area contributed by atoms with Crippen molar-refractivity contribution in [2.75, 3.05) is 0 Å². The van der Waals surface area contributed by atoms with E-state index in [1.54, 1.807) is 0 Å². The Balaban J connectivity index is 3.17. The van der Waals surface area contributed by atoms with Crippen LogP contribution in [-0.4, -0.2) is 0 Å². The molecule has 0 aliphatic heterocycles. The summed E-state index contributed by atoms with van der Waals surface area (Å²) in [7, 11) is 0. The van der Waals surface area contributed by atoms with Gasteiger partial charge in [0.15, 0.2) is 0 Å². The summed E-state index contributed by atoms with van der Waals surface area (Å²) in [6, 6.07) is 5.81. The lowest BCUT2D eigenvalue weighted by Gasteiger charge is -1.93. The molecule has 0 N–H and O–H groups in total. The van der Waals surface area contributed by atoms with Gasteiger partial charge in [0, 0.05) is 8.04 Å². The highest BCUT2D eigenvalue weighted by atomic mass is 127. The molecule has 0 radical (unpaired) electrons. The molecule has 0 atom stereocenters. The van der Waals surface area contributed by atoms with Crippen LogP contribution in [0.4, 0.5) is 0 Å². The summed E-state index contributed by atoms with van der Waals surface area (Å²) < 4.78 is 2.14. The van der Waals surface area contributed by atoms with Gasteiger partial charge < -0.3 is 0 Å². The minimum absolute atomic E-state index is 0.760. The molecule has 1 aromatic rings. The van der Waals surface area contributed by atoms with Gasteiger partial charge in [-0.15, -0.1) is 0 Å². The molecule has 0 amide bonds. The molecule has 1 rings (SSSR count). The molecule has 48 valence electrons. The first-order valence-electron chi connectivity index (χ1n) is 2.30. The molecule has 0 saturated carbocycles. The van der Waals surface area contributed by atoms with Crippen molar-refractivity contribution in [3.05, 3.63) is 31.3 Å². The van der Waals surface area contributed by atoms with E-state index in [9.17, 15) is 0 Å². The Morgan fingerprint density at radius 3 is 2.56 bits per heavy atom. The van der Waals surface area contributed by atoms with E-state index >= 15 is 0 Å². The average molecular weight is 317 g/mol. The van der Waals surface area contributed by atoms with Crippen molar-refractivity contribution in [2.24, 2.45) is 0 Å². The van der Waals surface area contributed by atoms with Crippen LogP contribution in [0.15, 0.2) is 22.7 Å². The molecular weight excluding hydrogens is 314 g/mol. The van der Waals surface area contributed by atoms with Crippen LogP contribution in [0.5, 0.6) is 0 Å². The minimum atomic E-state index is 0.760. The summed E-state index contributed by atoms with van der Waals surface area (Å²) in [5.74, 6) is 0. The molecule has 0 saturated heterocycles. The van der Waals surface area contributed by atoms with Crippen LogP contribution in [0.1, 0.15) is 0 Å². The van der Waals surface area contributed by atoms with Gasteiger partial charge in [-0.2, -0.15) is 0 Å². The van der Waals surface area contributed by atoms with E-state index < -0.39 is 0 Å². The van der Waals surface area contributed by atoms with Crippen molar-refractivity contribution < 1.29 is 0 Å². The molecule has 3 heteroatoms. The standard InChI is InChI=1S/C6H3BrClI/c7-5-3-4(9)1-2-6(5)8/h1-3H. The summed E-state index contributed by atoms with van der Waals surface area (Å²) in [6.45, 7) is 0. The van der Waals surface area contributed by atoms with E-state index in [-0.39, 0.29) is 0 Å². The quantitative estimate of drug-likeness (QED) is 0.505. The van der Waals surface area contributed by atoms with Crippen LogP contribution >= 0.6 is 50.1 Å². The van der Waals surface area contributed by atoms with Crippen LogP contribution < -0.4 is 0 Å². The molecule has 0 nitrogen and oxygen atoms in total. The lowest BCUT2D eigenvalue weighted by molar-refractivity contribution is 1.60. The molecule has 0 aliphatic rings. The van der Waals surface area contributed by atoms with E-state index in [1.165, 1.54) is 3.57 Å². The SMILES string of the molecule is Clc1ccc(I)cc1Br. The smallest absolute Gasteiger partial charge is 0.0548 e. The summed E-state index contributed by atoms with van der Waals surface area (Å²) in [5, 5.41) is 0.760. The first-order valence-corrected chi connectivity index (χ1v) is 4.55. The van der Waals surface area contributed by atoms with Crippen LogP contribution in [0.25, 0.3) is 0 Å². The number of hydrogen-bond donors (Lipinski definition) is 0. The lowest BCUT2D eigenvalue weighted by atomic mass is 10.4. The van der Waals surface area contributed by atoms with Crippen molar-refractivity contribution in [1.29, 1.82) is 0 Å². The summed E-state index contributed by atoms with van der Waals surface area (Å²) in [5.41, 5.74) is 0. The normalized spacial score (nSPS) is 9.67. The second kappa shape index (κ2) is 3.21. The van der Waals surface area contributed by atoms with E-state index in [0.717, 1.165) is 9.50 Å². The summed E-state index contributed by atoms with van der Waals surface area (Å²) in [4.78, 5) is 0. The highest BCUT2D eigenvalue weighted by molar-refractivity contribution is 14.1. The van der Waals surface area contributed by atoms with Crippen LogP contribution in [0, 0.1) is 3.57 Å².